The number of hydrogen-bond donors (Lipinski definition) is 1. The smallest absolute Gasteiger partial charge is 0.147 e. The lowest BCUT2D eigenvalue weighted by atomic mass is 10.2. The lowest BCUT2D eigenvalue weighted by Gasteiger charge is -1.94. The number of hydrogen-bond acceptors (Lipinski definition) is 4. The topological polar surface area (TPSA) is 51.8 Å². The van der Waals surface area contributed by atoms with Crippen molar-refractivity contribution >= 4 is 11.3 Å². The van der Waals surface area contributed by atoms with Crippen molar-refractivity contribution in [1.82, 2.24) is 10.2 Å². The molecule has 0 aliphatic heterocycles. The fraction of sp³-hybridized carbons (Fsp3) is 0.200. The van der Waals surface area contributed by atoms with Crippen molar-refractivity contribution in [3.8, 4) is 10.6 Å². The van der Waals surface area contributed by atoms with Crippen molar-refractivity contribution in [1.29, 1.82) is 0 Å². The third-order valence-electron chi connectivity index (χ3n) is 1.94. The molecule has 2 N–H and O–H groups in total. The average Bonchev–Trinajstić information content (AvgIpc) is 2.67. The zero-order chi connectivity index (χ0) is 9.97. The predicted molar refractivity (Wildman–Crippen MR) is 58.0 cm³/mol. The fourth-order valence-corrected chi connectivity index (χ4v) is 1.87. The van der Waals surface area contributed by atoms with Crippen LogP contribution in [0.3, 0.4) is 0 Å². The van der Waals surface area contributed by atoms with E-state index < -0.39 is 0 Å². The quantitative estimate of drug-likeness (QED) is 0.815. The van der Waals surface area contributed by atoms with Crippen LogP contribution in [0.25, 0.3) is 10.6 Å². The van der Waals surface area contributed by atoms with Gasteiger partial charge < -0.3 is 5.73 Å². The molecule has 0 spiro atoms. The summed E-state index contributed by atoms with van der Waals surface area (Å²) < 4.78 is 0. The van der Waals surface area contributed by atoms with Crippen LogP contribution in [-0.4, -0.2) is 10.2 Å². The Morgan fingerprint density at radius 3 is 2.50 bits per heavy atom. The van der Waals surface area contributed by atoms with Crippen LogP contribution in [0.2, 0.25) is 0 Å². The minimum atomic E-state index is 0.462. The van der Waals surface area contributed by atoms with Gasteiger partial charge in [0.1, 0.15) is 10.0 Å². The normalized spacial score (nSPS) is 10.4. The van der Waals surface area contributed by atoms with Crippen LogP contribution in [0, 0.1) is 6.92 Å². The molecule has 3 nitrogen and oxygen atoms in total. The minimum Gasteiger partial charge on any atom is -0.324 e. The van der Waals surface area contributed by atoms with Gasteiger partial charge in [-0.1, -0.05) is 41.2 Å². The van der Waals surface area contributed by atoms with Gasteiger partial charge in [-0.3, -0.25) is 0 Å². The van der Waals surface area contributed by atoms with E-state index in [9.17, 15) is 0 Å². The highest BCUT2D eigenvalue weighted by molar-refractivity contribution is 7.14. The molecule has 0 saturated heterocycles. The van der Waals surface area contributed by atoms with E-state index in [-0.39, 0.29) is 0 Å². The Kier molecular flexibility index (Phi) is 2.56. The van der Waals surface area contributed by atoms with Gasteiger partial charge in [0.05, 0.1) is 0 Å². The molecule has 4 heteroatoms. The van der Waals surface area contributed by atoms with E-state index in [2.05, 4.69) is 41.4 Å². The number of nitrogens with zero attached hydrogens (tertiary/aromatic N) is 2. The fourth-order valence-electron chi connectivity index (χ4n) is 1.15. The van der Waals surface area contributed by atoms with E-state index in [1.54, 1.807) is 11.3 Å². The molecule has 1 heterocycles. The molecule has 2 rings (SSSR count). The molecule has 1 aromatic carbocycles. The van der Waals surface area contributed by atoms with E-state index in [1.807, 2.05) is 0 Å². The van der Waals surface area contributed by atoms with Gasteiger partial charge in [-0.05, 0) is 6.92 Å². The third kappa shape index (κ3) is 1.81. The number of benzene rings is 1. The second-order valence-corrected chi connectivity index (χ2v) is 4.13. The Morgan fingerprint density at radius 1 is 1.21 bits per heavy atom. The Labute approximate surface area is 86.6 Å². The van der Waals surface area contributed by atoms with E-state index in [0.29, 0.717) is 6.54 Å². The SMILES string of the molecule is Cc1ccc(-c2nnc(CN)s2)cc1. The summed E-state index contributed by atoms with van der Waals surface area (Å²) in [4.78, 5) is 0. The van der Waals surface area contributed by atoms with Gasteiger partial charge in [0.25, 0.3) is 0 Å². The molecule has 0 saturated carbocycles. The molecule has 1 aromatic heterocycles. The lowest BCUT2D eigenvalue weighted by molar-refractivity contribution is 0.960. The number of rotatable bonds is 2. The Bertz CT molecular complexity index is 419. The predicted octanol–water partition coefficient (Wildman–Crippen LogP) is 1.97. The second-order valence-electron chi connectivity index (χ2n) is 3.07. The monoisotopic (exact) mass is 205 g/mol. The molecule has 0 aliphatic rings. The van der Waals surface area contributed by atoms with Gasteiger partial charge in [-0.15, -0.1) is 10.2 Å². The standard InChI is InChI=1S/C10H11N3S/c1-7-2-4-8(5-3-7)10-13-12-9(6-11)14-10/h2-5H,6,11H2,1H3. The average molecular weight is 205 g/mol. The first kappa shape index (κ1) is 9.30. The van der Waals surface area contributed by atoms with Gasteiger partial charge in [-0.2, -0.15) is 0 Å². The summed E-state index contributed by atoms with van der Waals surface area (Å²) in [6.07, 6.45) is 0. The van der Waals surface area contributed by atoms with Gasteiger partial charge in [0.15, 0.2) is 0 Å². The first-order valence-corrected chi connectivity index (χ1v) is 5.21. The maximum absolute atomic E-state index is 5.47. The second kappa shape index (κ2) is 3.86. The van der Waals surface area contributed by atoms with Crippen LogP contribution in [0.1, 0.15) is 10.6 Å². The van der Waals surface area contributed by atoms with E-state index in [0.717, 1.165) is 15.6 Å². The minimum absolute atomic E-state index is 0.462. The molecule has 2 aromatic rings. The largest absolute Gasteiger partial charge is 0.324 e. The van der Waals surface area contributed by atoms with Crippen LogP contribution in [-0.2, 0) is 6.54 Å². The number of aryl methyl sites for hydroxylation is 1. The summed E-state index contributed by atoms with van der Waals surface area (Å²) in [5.74, 6) is 0. The highest BCUT2D eigenvalue weighted by atomic mass is 32.1. The molecular weight excluding hydrogens is 194 g/mol. The summed E-state index contributed by atoms with van der Waals surface area (Å²) in [5, 5.41) is 9.86. The summed E-state index contributed by atoms with van der Waals surface area (Å²) in [7, 11) is 0. The van der Waals surface area contributed by atoms with Crippen molar-refractivity contribution in [3.63, 3.8) is 0 Å². The van der Waals surface area contributed by atoms with Crippen molar-refractivity contribution in [2.75, 3.05) is 0 Å². The van der Waals surface area contributed by atoms with Gasteiger partial charge in [0.2, 0.25) is 0 Å². The van der Waals surface area contributed by atoms with E-state index in [4.69, 9.17) is 5.73 Å². The lowest BCUT2D eigenvalue weighted by Crippen LogP contribution is -1.94. The molecule has 0 unspecified atom stereocenters. The van der Waals surface area contributed by atoms with Crippen LogP contribution >= 0.6 is 11.3 Å². The van der Waals surface area contributed by atoms with Crippen LogP contribution < -0.4 is 5.73 Å². The molecule has 0 bridgehead atoms. The number of aromatic nitrogens is 2. The van der Waals surface area contributed by atoms with Gasteiger partial charge >= 0.3 is 0 Å². The Hall–Kier alpha value is -1.26. The molecule has 0 radical (unpaired) electrons. The van der Waals surface area contributed by atoms with Crippen molar-refractivity contribution < 1.29 is 0 Å². The van der Waals surface area contributed by atoms with Crippen LogP contribution in [0.4, 0.5) is 0 Å². The molecule has 0 aliphatic carbocycles. The Balaban J connectivity index is 2.34. The van der Waals surface area contributed by atoms with E-state index >= 15 is 0 Å². The van der Waals surface area contributed by atoms with Crippen molar-refractivity contribution in [2.45, 2.75) is 13.5 Å². The molecule has 0 atom stereocenters. The summed E-state index contributed by atoms with van der Waals surface area (Å²) in [6, 6.07) is 8.24. The third-order valence-corrected chi connectivity index (χ3v) is 2.93. The van der Waals surface area contributed by atoms with E-state index in [1.165, 1.54) is 5.56 Å². The first-order valence-electron chi connectivity index (χ1n) is 4.39. The highest BCUT2D eigenvalue weighted by Gasteiger charge is 2.04. The molecule has 14 heavy (non-hydrogen) atoms. The molecule has 0 fully saturated rings. The zero-order valence-corrected chi connectivity index (χ0v) is 8.71. The Morgan fingerprint density at radius 2 is 1.93 bits per heavy atom. The van der Waals surface area contributed by atoms with Crippen LogP contribution in [0.15, 0.2) is 24.3 Å². The first-order chi connectivity index (χ1) is 6.79. The summed E-state index contributed by atoms with van der Waals surface area (Å²) in [6.45, 7) is 2.53. The summed E-state index contributed by atoms with van der Waals surface area (Å²) >= 11 is 1.54. The highest BCUT2D eigenvalue weighted by Crippen LogP contribution is 2.23. The van der Waals surface area contributed by atoms with Crippen LogP contribution in [0.5, 0.6) is 0 Å². The molecule has 72 valence electrons. The summed E-state index contributed by atoms with van der Waals surface area (Å²) in [5.41, 5.74) is 7.83. The maximum atomic E-state index is 5.47. The molecular formula is C10H11N3S. The van der Waals surface area contributed by atoms with Gasteiger partial charge in [0, 0.05) is 12.1 Å². The van der Waals surface area contributed by atoms with Crippen molar-refractivity contribution in [3.05, 3.63) is 34.8 Å². The van der Waals surface area contributed by atoms with Crippen molar-refractivity contribution in [2.24, 2.45) is 5.73 Å². The molecule has 0 amide bonds. The number of nitrogens with two attached hydrogens (primary N) is 1. The maximum Gasteiger partial charge on any atom is 0.147 e. The van der Waals surface area contributed by atoms with Gasteiger partial charge in [-0.25, -0.2) is 0 Å². The zero-order valence-electron chi connectivity index (χ0n) is 7.90.